The molecule has 106 valence electrons. The highest BCUT2D eigenvalue weighted by molar-refractivity contribution is 9.11. The summed E-state index contributed by atoms with van der Waals surface area (Å²) in [5, 5.41) is 3.48. The lowest BCUT2D eigenvalue weighted by Gasteiger charge is -2.19. The molecule has 2 atom stereocenters. The zero-order valence-corrected chi connectivity index (χ0v) is 14.4. The number of hydrogen-bond donors (Lipinski definition) is 1. The van der Waals surface area contributed by atoms with Crippen molar-refractivity contribution in [3.63, 3.8) is 0 Å². The van der Waals surface area contributed by atoms with Gasteiger partial charge >= 0.3 is 0 Å². The fraction of sp³-hybridized carbons (Fsp3) is 0.571. The molecule has 1 aliphatic heterocycles. The summed E-state index contributed by atoms with van der Waals surface area (Å²) < 4.78 is 13.4. The van der Waals surface area contributed by atoms with E-state index in [4.69, 9.17) is 9.47 Å². The van der Waals surface area contributed by atoms with Crippen LogP contribution in [0.15, 0.2) is 21.1 Å². The third kappa shape index (κ3) is 4.10. The van der Waals surface area contributed by atoms with Crippen molar-refractivity contribution in [2.75, 3.05) is 13.7 Å². The monoisotopic (exact) mass is 391 g/mol. The van der Waals surface area contributed by atoms with Crippen LogP contribution in [-0.4, -0.2) is 25.8 Å². The van der Waals surface area contributed by atoms with Gasteiger partial charge in [-0.3, -0.25) is 0 Å². The Morgan fingerprint density at radius 2 is 2.00 bits per heavy atom. The molecule has 0 saturated carbocycles. The van der Waals surface area contributed by atoms with E-state index in [-0.39, 0.29) is 6.10 Å². The lowest BCUT2D eigenvalue weighted by molar-refractivity contribution is 0.179. The Labute approximate surface area is 131 Å². The largest absolute Gasteiger partial charge is 0.492 e. The molecule has 1 fully saturated rings. The van der Waals surface area contributed by atoms with Crippen LogP contribution >= 0.6 is 31.9 Å². The van der Waals surface area contributed by atoms with E-state index in [0.717, 1.165) is 46.3 Å². The zero-order valence-electron chi connectivity index (χ0n) is 11.2. The van der Waals surface area contributed by atoms with Crippen molar-refractivity contribution in [1.29, 1.82) is 0 Å². The summed E-state index contributed by atoms with van der Waals surface area (Å²) in [6.07, 6.45) is 3.48. The van der Waals surface area contributed by atoms with E-state index in [1.807, 2.05) is 12.1 Å². The van der Waals surface area contributed by atoms with Gasteiger partial charge in [-0.25, -0.2) is 0 Å². The number of rotatable bonds is 3. The highest BCUT2D eigenvalue weighted by atomic mass is 79.9. The molecule has 1 N–H and O–H groups in total. The maximum absolute atomic E-state index is 6.14. The van der Waals surface area contributed by atoms with Gasteiger partial charge in [0.05, 0.1) is 11.6 Å². The summed E-state index contributed by atoms with van der Waals surface area (Å²) in [4.78, 5) is 0. The van der Waals surface area contributed by atoms with Crippen molar-refractivity contribution < 1.29 is 9.47 Å². The van der Waals surface area contributed by atoms with Gasteiger partial charge in [0, 0.05) is 10.5 Å². The number of ether oxygens (including phenoxy) is 2. The van der Waals surface area contributed by atoms with Crippen molar-refractivity contribution in [2.45, 2.75) is 38.3 Å². The van der Waals surface area contributed by atoms with Crippen LogP contribution < -0.4 is 14.8 Å². The van der Waals surface area contributed by atoms with Gasteiger partial charge in [0.1, 0.15) is 6.10 Å². The van der Waals surface area contributed by atoms with Crippen molar-refractivity contribution >= 4 is 31.9 Å². The van der Waals surface area contributed by atoms with Crippen LogP contribution in [0.25, 0.3) is 0 Å². The summed E-state index contributed by atoms with van der Waals surface area (Å²) >= 11 is 6.99. The van der Waals surface area contributed by atoms with Gasteiger partial charge in [-0.05, 0) is 60.8 Å². The summed E-state index contributed by atoms with van der Waals surface area (Å²) in [5.74, 6) is 1.55. The topological polar surface area (TPSA) is 30.5 Å². The molecule has 0 bridgehead atoms. The summed E-state index contributed by atoms with van der Waals surface area (Å²) in [6, 6.07) is 4.50. The molecular formula is C14H19Br2NO2. The van der Waals surface area contributed by atoms with Crippen LogP contribution in [0.5, 0.6) is 11.5 Å². The zero-order chi connectivity index (χ0) is 13.8. The Bertz CT molecular complexity index is 440. The van der Waals surface area contributed by atoms with E-state index < -0.39 is 0 Å². The third-order valence-electron chi connectivity index (χ3n) is 3.35. The van der Waals surface area contributed by atoms with E-state index in [0.29, 0.717) is 6.04 Å². The highest BCUT2D eigenvalue weighted by Gasteiger charge is 2.19. The van der Waals surface area contributed by atoms with E-state index in [9.17, 15) is 0 Å². The fourth-order valence-electron chi connectivity index (χ4n) is 2.29. The first-order chi connectivity index (χ1) is 9.10. The predicted molar refractivity (Wildman–Crippen MR) is 84.1 cm³/mol. The molecule has 5 heteroatoms. The van der Waals surface area contributed by atoms with Crippen molar-refractivity contribution in [1.82, 2.24) is 5.32 Å². The first kappa shape index (κ1) is 15.1. The molecule has 1 saturated heterocycles. The molecule has 0 amide bonds. The molecule has 1 aromatic rings. The maximum atomic E-state index is 6.14. The molecule has 2 rings (SSSR count). The minimum Gasteiger partial charge on any atom is -0.492 e. The number of nitrogens with one attached hydrogen (secondary N) is 1. The second-order valence-electron chi connectivity index (χ2n) is 4.88. The Balaban J connectivity index is 2.13. The van der Waals surface area contributed by atoms with Crippen LogP contribution in [0.1, 0.15) is 26.2 Å². The number of hydrogen-bond acceptors (Lipinski definition) is 3. The highest BCUT2D eigenvalue weighted by Crippen LogP contribution is 2.39. The SMILES string of the molecule is COc1c(Br)cc(Br)cc1OC1CCNC(C)CC1. The lowest BCUT2D eigenvalue weighted by Crippen LogP contribution is -2.24. The molecule has 0 spiro atoms. The van der Waals surface area contributed by atoms with Crippen LogP contribution in [0.4, 0.5) is 0 Å². The molecule has 0 radical (unpaired) electrons. The Kier molecular flexibility index (Phi) is 5.54. The first-order valence-electron chi connectivity index (χ1n) is 6.53. The number of halogens is 2. The summed E-state index contributed by atoms with van der Waals surface area (Å²) in [5.41, 5.74) is 0. The smallest absolute Gasteiger partial charge is 0.175 e. The molecule has 1 heterocycles. The fourth-order valence-corrected chi connectivity index (χ4v) is 3.64. The molecule has 3 nitrogen and oxygen atoms in total. The second-order valence-corrected chi connectivity index (χ2v) is 6.65. The quantitative estimate of drug-likeness (QED) is 0.838. The normalized spacial score (nSPS) is 23.8. The van der Waals surface area contributed by atoms with E-state index >= 15 is 0 Å². The lowest BCUT2D eigenvalue weighted by atomic mass is 10.1. The van der Waals surface area contributed by atoms with Crippen LogP contribution in [0.2, 0.25) is 0 Å². The molecule has 2 unspecified atom stereocenters. The van der Waals surface area contributed by atoms with E-state index in [1.54, 1.807) is 7.11 Å². The molecule has 1 aromatic carbocycles. The molecule has 19 heavy (non-hydrogen) atoms. The molecule has 0 aromatic heterocycles. The summed E-state index contributed by atoms with van der Waals surface area (Å²) in [6.45, 7) is 3.22. The molecule has 1 aliphatic rings. The van der Waals surface area contributed by atoms with Crippen LogP contribution in [0.3, 0.4) is 0 Å². The third-order valence-corrected chi connectivity index (χ3v) is 4.40. The summed E-state index contributed by atoms with van der Waals surface area (Å²) in [7, 11) is 1.66. The average Bonchev–Trinajstić information content (AvgIpc) is 2.54. The first-order valence-corrected chi connectivity index (χ1v) is 8.12. The van der Waals surface area contributed by atoms with Crippen LogP contribution in [-0.2, 0) is 0 Å². The van der Waals surface area contributed by atoms with Crippen LogP contribution in [0, 0.1) is 0 Å². The van der Waals surface area contributed by atoms with Gasteiger partial charge in [-0.1, -0.05) is 15.9 Å². The minimum atomic E-state index is 0.243. The average molecular weight is 393 g/mol. The van der Waals surface area contributed by atoms with Gasteiger partial charge in [0.15, 0.2) is 11.5 Å². The van der Waals surface area contributed by atoms with Crippen molar-refractivity contribution in [2.24, 2.45) is 0 Å². The van der Waals surface area contributed by atoms with Gasteiger partial charge in [0.25, 0.3) is 0 Å². The van der Waals surface area contributed by atoms with Crippen molar-refractivity contribution in [3.05, 3.63) is 21.1 Å². The minimum absolute atomic E-state index is 0.243. The van der Waals surface area contributed by atoms with Gasteiger partial charge in [-0.15, -0.1) is 0 Å². The van der Waals surface area contributed by atoms with Gasteiger partial charge in [0.2, 0.25) is 0 Å². The predicted octanol–water partition coefficient (Wildman–Crippen LogP) is 4.13. The Morgan fingerprint density at radius 3 is 2.74 bits per heavy atom. The number of methoxy groups -OCH3 is 1. The standard InChI is InChI=1S/C14H19Br2NO2/c1-9-3-4-11(5-6-17-9)19-13-8-10(15)7-12(16)14(13)18-2/h7-9,11,17H,3-6H2,1-2H3. The molecule has 0 aliphatic carbocycles. The van der Waals surface area contributed by atoms with Gasteiger partial charge < -0.3 is 14.8 Å². The Morgan fingerprint density at radius 1 is 1.21 bits per heavy atom. The van der Waals surface area contributed by atoms with E-state index in [1.165, 1.54) is 0 Å². The van der Waals surface area contributed by atoms with Crippen molar-refractivity contribution in [3.8, 4) is 11.5 Å². The molecular weight excluding hydrogens is 374 g/mol. The van der Waals surface area contributed by atoms with Gasteiger partial charge in [-0.2, -0.15) is 0 Å². The number of benzene rings is 1. The Hall–Kier alpha value is -0.260. The second kappa shape index (κ2) is 6.95. The van der Waals surface area contributed by atoms with E-state index in [2.05, 4.69) is 44.1 Å². The maximum Gasteiger partial charge on any atom is 0.175 e.